The fourth-order valence-corrected chi connectivity index (χ4v) is 2.78. The number of carbonyl (C=O) groups is 1. The second-order valence-corrected chi connectivity index (χ2v) is 6.00. The Balaban J connectivity index is 1.77. The highest BCUT2D eigenvalue weighted by atomic mass is 32.2. The number of benzene rings is 1. The number of nitrogens with zero attached hydrogens (tertiary/aromatic N) is 2. The molecule has 0 fully saturated rings. The largest absolute Gasteiger partial charge is 0.355 e. The van der Waals surface area contributed by atoms with Crippen LogP contribution < -0.4 is 5.32 Å². The minimum atomic E-state index is -0.611. The van der Waals surface area contributed by atoms with E-state index >= 15 is 0 Å². The second kappa shape index (κ2) is 8.01. The second-order valence-electron chi connectivity index (χ2n) is 5.06. The van der Waals surface area contributed by atoms with Gasteiger partial charge in [-0.1, -0.05) is 17.8 Å². The van der Waals surface area contributed by atoms with Gasteiger partial charge in [0.1, 0.15) is 11.6 Å². The molecule has 4 nitrogen and oxygen atoms in total. The zero-order valence-electron chi connectivity index (χ0n) is 12.9. The van der Waals surface area contributed by atoms with Crippen LogP contribution in [0.3, 0.4) is 0 Å². The summed E-state index contributed by atoms with van der Waals surface area (Å²) in [6.45, 7) is 4.03. The number of halogens is 2. The zero-order valence-corrected chi connectivity index (χ0v) is 13.7. The van der Waals surface area contributed by atoms with E-state index in [2.05, 4.69) is 15.3 Å². The van der Waals surface area contributed by atoms with Gasteiger partial charge < -0.3 is 5.32 Å². The summed E-state index contributed by atoms with van der Waals surface area (Å²) in [5.74, 6) is -1.20. The van der Waals surface area contributed by atoms with E-state index in [4.69, 9.17) is 0 Å². The fraction of sp³-hybridized carbons (Fsp3) is 0.312. The van der Waals surface area contributed by atoms with Gasteiger partial charge in [0.05, 0.1) is 5.75 Å². The fourth-order valence-electron chi connectivity index (χ4n) is 2.00. The average molecular weight is 337 g/mol. The monoisotopic (exact) mass is 337 g/mol. The molecule has 0 spiro atoms. The molecule has 0 bridgehead atoms. The molecule has 0 atom stereocenters. The van der Waals surface area contributed by atoms with Crippen LogP contribution in [0.25, 0.3) is 0 Å². The maximum atomic E-state index is 13.4. The van der Waals surface area contributed by atoms with E-state index in [1.807, 2.05) is 19.9 Å². The third-order valence-corrected chi connectivity index (χ3v) is 3.87. The van der Waals surface area contributed by atoms with E-state index in [0.29, 0.717) is 17.1 Å². The Morgan fingerprint density at radius 3 is 2.52 bits per heavy atom. The van der Waals surface area contributed by atoms with Crippen LogP contribution >= 0.6 is 11.8 Å². The van der Waals surface area contributed by atoms with Gasteiger partial charge in [-0.25, -0.2) is 18.7 Å². The SMILES string of the molecule is Cc1cc(C)nc(SCC(=O)NCCc2ccc(F)cc2F)n1. The minimum absolute atomic E-state index is 0.180. The van der Waals surface area contributed by atoms with Gasteiger partial charge in [0.2, 0.25) is 5.91 Å². The van der Waals surface area contributed by atoms with Gasteiger partial charge in [0.15, 0.2) is 5.16 Å². The number of aromatic nitrogens is 2. The van der Waals surface area contributed by atoms with Crippen molar-refractivity contribution < 1.29 is 13.6 Å². The van der Waals surface area contributed by atoms with Crippen LogP contribution in [0, 0.1) is 25.5 Å². The summed E-state index contributed by atoms with van der Waals surface area (Å²) >= 11 is 1.25. The predicted molar refractivity (Wildman–Crippen MR) is 85.3 cm³/mol. The predicted octanol–water partition coefficient (Wildman–Crippen LogP) is 2.82. The Bertz CT molecular complexity index is 689. The molecule has 0 unspecified atom stereocenters. The van der Waals surface area contributed by atoms with E-state index in [0.717, 1.165) is 17.5 Å². The first-order valence-electron chi connectivity index (χ1n) is 7.10. The van der Waals surface area contributed by atoms with E-state index in [-0.39, 0.29) is 18.2 Å². The maximum absolute atomic E-state index is 13.4. The van der Waals surface area contributed by atoms with Gasteiger partial charge in [-0.2, -0.15) is 0 Å². The van der Waals surface area contributed by atoms with Gasteiger partial charge >= 0.3 is 0 Å². The van der Waals surface area contributed by atoms with Gasteiger partial charge in [-0.05, 0) is 38.0 Å². The summed E-state index contributed by atoms with van der Waals surface area (Å²) in [6.07, 6.45) is 0.308. The third-order valence-electron chi connectivity index (χ3n) is 3.03. The molecule has 0 aliphatic rings. The Kier molecular flexibility index (Phi) is 6.04. The number of thioether (sulfide) groups is 1. The molecule has 1 N–H and O–H groups in total. The molecule has 0 radical (unpaired) electrons. The van der Waals surface area contributed by atoms with E-state index < -0.39 is 11.6 Å². The first-order chi connectivity index (χ1) is 10.9. The molecule has 122 valence electrons. The van der Waals surface area contributed by atoms with E-state index in [1.54, 1.807) is 0 Å². The van der Waals surface area contributed by atoms with Crippen LogP contribution in [-0.4, -0.2) is 28.2 Å². The number of hydrogen-bond donors (Lipinski definition) is 1. The molecule has 2 aromatic rings. The molecule has 1 aromatic carbocycles. The highest BCUT2D eigenvalue weighted by molar-refractivity contribution is 7.99. The van der Waals surface area contributed by atoms with Crippen LogP contribution in [0.5, 0.6) is 0 Å². The molecule has 0 saturated carbocycles. The quantitative estimate of drug-likeness (QED) is 0.650. The molecule has 0 aliphatic heterocycles. The first-order valence-corrected chi connectivity index (χ1v) is 8.08. The molecule has 7 heteroatoms. The Labute approximate surface area is 137 Å². The van der Waals surface area contributed by atoms with Crippen molar-refractivity contribution in [2.45, 2.75) is 25.4 Å². The third kappa shape index (κ3) is 5.59. The molecule has 1 heterocycles. The average Bonchev–Trinajstić information content (AvgIpc) is 2.46. The normalized spacial score (nSPS) is 10.6. The summed E-state index contributed by atoms with van der Waals surface area (Å²) in [5.41, 5.74) is 2.08. The maximum Gasteiger partial charge on any atom is 0.230 e. The summed E-state index contributed by atoms with van der Waals surface area (Å²) in [5, 5.41) is 3.25. The van der Waals surface area contributed by atoms with Crippen molar-refractivity contribution in [2.24, 2.45) is 0 Å². The summed E-state index contributed by atoms with van der Waals surface area (Å²) < 4.78 is 26.2. The number of nitrogens with one attached hydrogen (secondary N) is 1. The molecule has 23 heavy (non-hydrogen) atoms. The number of amides is 1. The first kappa shape index (κ1) is 17.3. The zero-order chi connectivity index (χ0) is 16.8. The van der Waals surface area contributed by atoms with Crippen molar-refractivity contribution in [3.63, 3.8) is 0 Å². The van der Waals surface area contributed by atoms with Crippen molar-refractivity contribution in [3.05, 3.63) is 52.9 Å². The number of rotatable bonds is 6. The van der Waals surface area contributed by atoms with Gasteiger partial charge in [0, 0.05) is 24.0 Å². The Morgan fingerprint density at radius 1 is 1.17 bits per heavy atom. The van der Waals surface area contributed by atoms with Crippen LogP contribution in [0.15, 0.2) is 29.4 Å². The van der Waals surface area contributed by atoms with Crippen molar-refractivity contribution >= 4 is 17.7 Å². The lowest BCUT2D eigenvalue weighted by molar-refractivity contribution is -0.118. The van der Waals surface area contributed by atoms with Crippen molar-refractivity contribution in [1.29, 1.82) is 0 Å². The van der Waals surface area contributed by atoms with Crippen LogP contribution in [0.2, 0.25) is 0 Å². The lowest BCUT2D eigenvalue weighted by Gasteiger charge is -2.06. The summed E-state index contributed by atoms with van der Waals surface area (Å²) in [7, 11) is 0. The van der Waals surface area contributed by atoms with Crippen LogP contribution in [0.1, 0.15) is 17.0 Å². The number of aryl methyl sites for hydroxylation is 2. The van der Waals surface area contributed by atoms with Crippen molar-refractivity contribution in [3.8, 4) is 0 Å². The highest BCUT2D eigenvalue weighted by Gasteiger charge is 2.07. The van der Waals surface area contributed by atoms with Crippen LogP contribution in [-0.2, 0) is 11.2 Å². The lowest BCUT2D eigenvalue weighted by atomic mass is 10.1. The van der Waals surface area contributed by atoms with Crippen molar-refractivity contribution in [1.82, 2.24) is 15.3 Å². The molecule has 1 amide bonds. The van der Waals surface area contributed by atoms with Crippen LogP contribution in [0.4, 0.5) is 8.78 Å². The molecule has 2 rings (SSSR count). The molecular formula is C16H17F2N3OS. The minimum Gasteiger partial charge on any atom is -0.355 e. The van der Waals surface area contributed by atoms with E-state index in [1.165, 1.54) is 23.9 Å². The van der Waals surface area contributed by atoms with Gasteiger partial charge in [-0.15, -0.1) is 0 Å². The summed E-state index contributed by atoms with van der Waals surface area (Å²) in [6, 6.07) is 5.29. The van der Waals surface area contributed by atoms with Crippen molar-refractivity contribution in [2.75, 3.05) is 12.3 Å². The number of hydrogen-bond acceptors (Lipinski definition) is 4. The van der Waals surface area contributed by atoms with E-state index in [9.17, 15) is 13.6 Å². The molecule has 0 saturated heterocycles. The van der Waals surface area contributed by atoms with Gasteiger partial charge in [-0.3, -0.25) is 4.79 Å². The lowest BCUT2D eigenvalue weighted by Crippen LogP contribution is -2.27. The molecule has 0 aliphatic carbocycles. The molecular weight excluding hydrogens is 320 g/mol. The molecule has 1 aromatic heterocycles. The van der Waals surface area contributed by atoms with Gasteiger partial charge in [0.25, 0.3) is 0 Å². The topological polar surface area (TPSA) is 54.9 Å². The standard InChI is InChI=1S/C16H17F2N3OS/c1-10-7-11(2)21-16(20-10)23-9-15(22)19-6-5-12-3-4-13(17)8-14(12)18/h3-4,7-8H,5-6,9H2,1-2H3,(H,19,22). The number of carbonyl (C=O) groups excluding carboxylic acids is 1. The smallest absolute Gasteiger partial charge is 0.230 e. The summed E-state index contributed by atoms with van der Waals surface area (Å²) in [4.78, 5) is 20.3. The Hall–Kier alpha value is -2.02. The Morgan fingerprint density at radius 2 is 1.87 bits per heavy atom. The highest BCUT2D eigenvalue weighted by Crippen LogP contribution is 2.13.